The molecule has 7 heteroatoms. The van der Waals surface area contributed by atoms with Crippen LogP contribution in [0, 0.1) is 13.8 Å². The van der Waals surface area contributed by atoms with Gasteiger partial charge >= 0.3 is 0 Å². The van der Waals surface area contributed by atoms with Crippen LogP contribution < -0.4 is 4.74 Å². The Kier molecular flexibility index (Phi) is 5.73. The Bertz CT molecular complexity index is 1210. The zero-order valence-electron chi connectivity index (χ0n) is 18.1. The molecular formula is C25H23N3O4. The summed E-state index contributed by atoms with van der Waals surface area (Å²) < 4.78 is 5.36. The predicted octanol–water partition coefficient (Wildman–Crippen LogP) is 3.72. The third-order valence-corrected chi connectivity index (χ3v) is 5.63. The molecule has 7 nitrogen and oxygen atoms in total. The largest absolute Gasteiger partial charge is 0.507 e. The number of likely N-dealkylation sites (tertiary alicyclic amines) is 1. The second-order valence-electron chi connectivity index (χ2n) is 7.71. The third kappa shape index (κ3) is 3.73. The van der Waals surface area contributed by atoms with Gasteiger partial charge in [-0.05, 0) is 66.4 Å². The second-order valence-corrected chi connectivity index (χ2v) is 7.71. The van der Waals surface area contributed by atoms with Crippen molar-refractivity contribution < 1.29 is 19.4 Å². The minimum atomic E-state index is -0.750. The van der Waals surface area contributed by atoms with Gasteiger partial charge in [0.1, 0.15) is 11.5 Å². The van der Waals surface area contributed by atoms with E-state index in [-0.39, 0.29) is 17.9 Å². The zero-order chi connectivity index (χ0) is 22.8. The number of hydrogen-bond acceptors (Lipinski definition) is 6. The molecule has 0 bridgehead atoms. The molecule has 1 N–H and O–H groups in total. The Labute approximate surface area is 186 Å². The Morgan fingerprint density at radius 2 is 1.81 bits per heavy atom. The molecule has 4 rings (SSSR count). The number of Topliss-reactive ketones (excluding diaryl/α,β-unsaturated/α-hetero) is 1. The van der Waals surface area contributed by atoms with Crippen LogP contribution in [0.15, 0.2) is 66.8 Å². The lowest BCUT2D eigenvalue weighted by Gasteiger charge is -2.25. The Morgan fingerprint density at radius 3 is 2.47 bits per heavy atom. The average Bonchev–Trinajstić information content (AvgIpc) is 3.06. The molecule has 1 unspecified atom stereocenters. The van der Waals surface area contributed by atoms with E-state index in [1.807, 2.05) is 19.9 Å². The number of ether oxygens (including phenoxy) is 1. The van der Waals surface area contributed by atoms with E-state index in [1.54, 1.807) is 62.2 Å². The number of carbonyl (C=O) groups excluding carboxylic acids is 2. The minimum absolute atomic E-state index is 0.0535. The molecule has 162 valence electrons. The number of ketones is 1. The van der Waals surface area contributed by atoms with Gasteiger partial charge in [0.05, 0.1) is 18.7 Å². The number of rotatable bonds is 5. The lowest BCUT2D eigenvalue weighted by atomic mass is 9.93. The summed E-state index contributed by atoms with van der Waals surface area (Å²) in [6, 6.07) is 9.92. The molecule has 1 fully saturated rings. The molecule has 3 aromatic rings. The molecule has 32 heavy (non-hydrogen) atoms. The van der Waals surface area contributed by atoms with Gasteiger partial charge in [0.25, 0.3) is 11.7 Å². The van der Waals surface area contributed by atoms with Crippen LogP contribution in [0.2, 0.25) is 0 Å². The fourth-order valence-corrected chi connectivity index (χ4v) is 4.03. The third-order valence-electron chi connectivity index (χ3n) is 5.63. The van der Waals surface area contributed by atoms with Gasteiger partial charge in [0.15, 0.2) is 0 Å². The number of aryl methyl sites for hydroxylation is 2. The van der Waals surface area contributed by atoms with Gasteiger partial charge in [-0.3, -0.25) is 19.6 Å². The number of benzene rings is 1. The van der Waals surface area contributed by atoms with E-state index in [0.717, 1.165) is 16.7 Å². The SMILES string of the molecule is COc1cc(C)c(/C(O)=C2\C(=O)C(=O)N(Cc3cccnc3)C2c2ccncc2)cc1C. The number of aliphatic hydroxyl groups is 1. The summed E-state index contributed by atoms with van der Waals surface area (Å²) in [5.74, 6) is -0.912. The highest BCUT2D eigenvalue weighted by atomic mass is 16.5. The Balaban J connectivity index is 1.89. The molecule has 0 radical (unpaired) electrons. The normalized spacial score (nSPS) is 17.6. The van der Waals surface area contributed by atoms with Gasteiger partial charge in [-0.25, -0.2) is 0 Å². The van der Waals surface area contributed by atoms with Gasteiger partial charge in [0.2, 0.25) is 0 Å². The number of amides is 1. The van der Waals surface area contributed by atoms with Gasteiger partial charge in [0, 0.05) is 36.9 Å². The predicted molar refractivity (Wildman–Crippen MR) is 119 cm³/mol. The number of aromatic nitrogens is 2. The second kappa shape index (κ2) is 8.63. The van der Waals surface area contributed by atoms with E-state index in [0.29, 0.717) is 16.9 Å². The lowest BCUT2D eigenvalue weighted by molar-refractivity contribution is -0.140. The first-order chi connectivity index (χ1) is 15.4. The average molecular weight is 429 g/mol. The van der Waals surface area contributed by atoms with Crippen LogP contribution in [0.5, 0.6) is 5.75 Å². The van der Waals surface area contributed by atoms with Gasteiger partial charge in [-0.15, -0.1) is 0 Å². The first-order valence-electron chi connectivity index (χ1n) is 10.1. The number of pyridine rings is 2. The fraction of sp³-hybridized carbons (Fsp3) is 0.200. The molecule has 1 amide bonds. The summed E-state index contributed by atoms with van der Waals surface area (Å²) in [6.45, 7) is 3.86. The van der Waals surface area contributed by atoms with Crippen molar-refractivity contribution in [3.63, 3.8) is 0 Å². The molecule has 0 saturated carbocycles. The number of carbonyl (C=O) groups is 2. The molecule has 1 aliphatic rings. The summed E-state index contributed by atoms with van der Waals surface area (Å²) in [5, 5.41) is 11.3. The fourth-order valence-electron chi connectivity index (χ4n) is 4.03. The van der Waals surface area contributed by atoms with Gasteiger partial charge < -0.3 is 14.7 Å². The van der Waals surface area contributed by atoms with Crippen LogP contribution in [0.4, 0.5) is 0 Å². The van der Waals surface area contributed by atoms with Crippen LogP contribution in [0.1, 0.15) is 33.9 Å². The standard InChI is InChI=1S/C25H23N3O4/c1-15-12-20(32-3)16(2)11-19(15)23(29)21-22(18-6-9-26-10-7-18)28(25(31)24(21)30)14-17-5-4-8-27-13-17/h4-13,22,29H,14H2,1-3H3/b23-21+. The van der Waals surface area contributed by atoms with Crippen LogP contribution in [0.25, 0.3) is 5.76 Å². The maximum absolute atomic E-state index is 13.2. The van der Waals surface area contributed by atoms with E-state index in [2.05, 4.69) is 9.97 Å². The van der Waals surface area contributed by atoms with Crippen molar-refractivity contribution in [2.24, 2.45) is 0 Å². The first kappa shape index (κ1) is 21.2. The van der Waals surface area contributed by atoms with Crippen molar-refractivity contribution in [1.82, 2.24) is 14.9 Å². The monoisotopic (exact) mass is 429 g/mol. The maximum atomic E-state index is 13.2. The molecule has 3 heterocycles. The van der Waals surface area contributed by atoms with Crippen LogP contribution in [-0.2, 0) is 16.1 Å². The van der Waals surface area contributed by atoms with Crippen molar-refractivity contribution in [3.8, 4) is 5.75 Å². The molecule has 2 aromatic heterocycles. The molecule has 0 spiro atoms. The van der Waals surface area contributed by atoms with Crippen molar-refractivity contribution in [2.75, 3.05) is 7.11 Å². The zero-order valence-corrected chi connectivity index (χ0v) is 18.1. The van der Waals surface area contributed by atoms with Crippen LogP contribution in [0.3, 0.4) is 0 Å². The van der Waals surface area contributed by atoms with Crippen LogP contribution in [-0.4, -0.2) is 38.8 Å². The highest BCUT2D eigenvalue weighted by Gasteiger charge is 2.46. The molecule has 1 atom stereocenters. The van der Waals surface area contributed by atoms with Crippen molar-refractivity contribution in [2.45, 2.75) is 26.4 Å². The topological polar surface area (TPSA) is 92.6 Å². The number of aliphatic hydroxyl groups excluding tert-OH is 1. The van der Waals surface area contributed by atoms with E-state index >= 15 is 0 Å². The minimum Gasteiger partial charge on any atom is -0.507 e. The molecule has 1 aromatic carbocycles. The van der Waals surface area contributed by atoms with E-state index < -0.39 is 17.7 Å². The summed E-state index contributed by atoms with van der Waals surface area (Å²) >= 11 is 0. The first-order valence-corrected chi connectivity index (χ1v) is 10.1. The van der Waals surface area contributed by atoms with Crippen molar-refractivity contribution in [3.05, 3.63) is 94.6 Å². The molecule has 1 aliphatic heterocycles. The number of methoxy groups -OCH3 is 1. The summed E-state index contributed by atoms with van der Waals surface area (Å²) in [5.41, 5.74) is 3.55. The highest BCUT2D eigenvalue weighted by molar-refractivity contribution is 6.46. The summed E-state index contributed by atoms with van der Waals surface area (Å²) in [4.78, 5) is 35.8. The van der Waals surface area contributed by atoms with Gasteiger partial charge in [-0.2, -0.15) is 0 Å². The molecule has 0 aliphatic carbocycles. The van der Waals surface area contributed by atoms with Crippen LogP contribution >= 0.6 is 0 Å². The maximum Gasteiger partial charge on any atom is 0.295 e. The molecule has 1 saturated heterocycles. The Hall–Kier alpha value is -4.00. The lowest BCUT2D eigenvalue weighted by Crippen LogP contribution is -2.29. The van der Waals surface area contributed by atoms with E-state index in [1.165, 1.54) is 4.90 Å². The summed E-state index contributed by atoms with van der Waals surface area (Å²) in [7, 11) is 1.58. The highest BCUT2D eigenvalue weighted by Crippen LogP contribution is 2.41. The smallest absolute Gasteiger partial charge is 0.295 e. The van der Waals surface area contributed by atoms with Gasteiger partial charge in [-0.1, -0.05) is 6.07 Å². The quantitative estimate of drug-likeness (QED) is 0.378. The van der Waals surface area contributed by atoms with E-state index in [4.69, 9.17) is 4.74 Å². The number of hydrogen-bond donors (Lipinski definition) is 1. The number of nitrogens with zero attached hydrogens (tertiary/aromatic N) is 3. The van der Waals surface area contributed by atoms with Crippen molar-refractivity contribution in [1.29, 1.82) is 0 Å². The molecular weight excluding hydrogens is 406 g/mol. The Morgan fingerprint density at radius 1 is 1.06 bits per heavy atom. The van der Waals surface area contributed by atoms with E-state index in [9.17, 15) is 14.7 Å². The van der Waals surface area contributed by atoms with Crippen molar-refractivity contribution >= 4 is 17.4 Å². The summed E-state index contributed by atoms with van der Waals surface area (Å²) in [6.07, 6.45) is 6.50.